The van der Waals surface area contributed by atoms with Crippen LogP contribution in [0.2, 0.25) is 0 Å². The second kappa shape index (κ2) is 5.29. The van der Waals surface area contributed by atoms with Crippen molar-refractivity contribution in [2.75, 3.05) is 0 Å². The average Bonchev–Trinajstić information content (AvgIpc) is 2.19. The van der Waals surface area contributed by atoms with E-state index < -0.39 is 36.0 Å². The first-order valence-corrected chi connectivity index (χ1v) is 5.32. The molecular weight excluding hydrogens is 291 g/mol. The van der Waals surface area contributed by atoms with Gasteiger partial charge in [0, 0.05) is 5.33 Å². The van der Waals surface area contributed by atoms with Crippen molar-refractivity contribution in [2.45, 2.75) is 18.2 Å². The molecule has 7 heteroatoms. The quantitative estimate of drug-likeness (QED) is 0.869. The molecular formula is C9H7BrF3NO2. The lowest BCUT2D eigenvalue weighted by molar-refractivity contribution is -0.136. The van der Waals surface area contributed by atoms with Gasteiger partial charge in [0.2, 0.25) is 0 Å². The fourth-order valence-corrected chi connectivity index (χ4v) is 1.59. The molecule has 88 valence electrons. The normalized spacial score (nSPS) is 10.8. The van der Waals surface area contributed by atoms with Gasteiger partial charge < -0.3 is 5.11 Å². The molecule has 1 aromatic rings. The lowest BCUT2D eigenvalue weighted by Crippen LogP contribution is -2.09. The first kappa shape index (κ1) is 13.0. The topological polar surface area (TPSA) is 50.2 Å². The number of rotatable bonds is 4. The molecule has 1 rings (SSSR count). The number of carbonyl (C=O) groups is 1. The van der Waals surface area contributed by atoms with Crippen molar-refractivity contribution in [3.8, 4) is 0 Å². The molecule has 0 aliphatic carbocycles. The summed E-state index contributed by atoms with van der Waals surface area (Å²) in [5, 5.41) is 8.48. The molecule has 0 amide bonds. The van der Waals surface area contributed by atoms with Crippen molar-refractivity contribution < 1.29 is 23.1 Å². The van der Waals surface area contributed by atoms with E-state index in [9.17, 15) is 18.0 Å². The fraction of sp³-hybridized carbons (Fsp3) is 0.333. The Morgan fingerprint density at radius 2 is 2.19 bits per heavy atom. The number of hydrogen-bond donors (Lipinski definition) is 1. The molecule has 0 saturated heterocycles. The van der Waals surface area contributed by atoms with E-state index in [1.165, 1.54) is 0 Å². The zero-order valence-electron chi connectivity index (χ0n) is 7.88. The summed E-state index contributed by atoms with van der Waals surface area (Å²) in [4.78, 5) is 13.7. The maximum Gasteiger partial charge on any atom is 0.309 e. The van der Waals surface area contributed by atoms with Gasteiger partial charge in [-0.2, -0.15) is 0 Å². The van der Waals surface area contributed by atoms with Crippen LogP contribution in [0.3, 0.4) is 0 Å². The average molecular weight is 298 g/mol. The van der Waals surface area contributed by atoms with E-state index in [1.54, 1.807) is 0 Å². The number of carboxylic acids is 1. The SMILES string of the molecule is O=C(O)Cc1nc(C(F)F)c(CBr)cc1F. The Balaban J connectivity index is 3.21. The smallest absolute Gasteiger partial charge is 0.309 e. The molecule has 0 radical (unpaired) electrons. The van der Waals surface area contributed by atoms with E-state index in [0.29, 0.717) is 0 Å². The van der Waals surface area contributed by atoms with Gasteiger partial charge in [-0.3, -0.25) is 4.79 Å². The van der Waals surface area contributed by atoms with Crippen molar-refractivity contribution >= 4 is 21.9 Å². The number of pyridine rings is 1. The highest BCUT2D eigenvalue weighted by molar-refractivity contribution is 9.08. The summed E-state index contributed by atoms with van der Waals surface area (Å²) in [7, 11) is 0. The van der Waals surface area contributed by atoms with Crippen LogP contribution in [0.25, 0.3) is 0 Å². The number of aliphatic carboxylic acids is 1. The molecule has 16 heavy (non-hydrogen) atoms. The molecule has 0 bridgehead atoms. The Morgan fingerprint density at radius 3 is 2.62 bits per heavy atom. The predicted octanol–water partition coefficient (Wildman–Crippen LogP) is 2.68. The summed E-state index contributed by atoms with van der Waals surface area (Å²) in [6.45, 7) is 0. The Morgan fingerprint density at radius 1 is 1.56 bits per heavy atom. The highest BCUT2D eigenvalue weighted by Gasteiger charge is 2.19. The Kier molecular flexibility index (Phi) is 4.28. The summed E-state index contributed by atoms with van der Waals surface area (Å²) < 4.78 is 38.3. The summed E-state index contributed by atoms with van der Waals surface area (Å²) in [5.74, 6) is -2.21. The highest BCUT2D eigenvalue weighted by atomic mass is 79.9. The summed E-state index contributed by atoms with van der Waals surface area (Å²) in [5.41, 5.74) is -1.05. The van der Waals surface area contributed by atoms with E-state index in [1.807, 2.05) is 0 Å². The van der Waals surface area contributed by atoms with Crippen LogP contribution in [-0.4, -0.2) is 16.1 Å². The molecule has 0 fully saturated rings. The van der Waals surface area contributed by atoms with Crippen LogP contribution in [-0.2, 0) is 16.5 Å². The van der Waals surface area contributed by atoms with Crippen LogP contribution in [0, 0.1) is 5.82 Å². The van der Waals surface area contributed by atoms with Gasteiger partial charge in [-0.15, -0.1) is 0 Å². The minimum Gasteiger partial charge on any atom is -0.481 e. The van der Waals surface area contributed by atoms with Crippen LogP contribution in [0.1, 0.15) is 23.4 Å². The molecule has 1 aromatic heterocycles. The number of nitrogens with zero attached hydrogens (tertiary/aromatic N) is 1. The summed E-state index contributed by atoms with van der Waals surface area (Å²) in [6, 6.07) is 0.877. The number of halogens is 4. The predicted molar refractivity (Wildman–Crippen MR) is 53.1 cm³/mol. The Hall–Kier alpha value is -1.11. The van der Waals surface area contributed by atoms with Crippen molar-refractivity contribution in [3.63, 3.8) is 0 Å². The van der Waals surface area contributed by atoms with Crippen molar-refractivity contribution in [1.82, 2.24) is 4.98 Å². The molecule has 1 N–H and O–H groups in total. The molecule has 1 heterocycles. The number of aromatic nitrogens is 1. The lowest BCUT2D eigenvalue weighted by atomic mass is 10.1. The number of carboxylic acid groups (broad SMARTS) is 1. The molecule has 0 saturated carbocycles. The minimum atomic E-state index is -2.86. The maximum absolute atomic E-state index is 13.2. The van der Waals surface area contributed by atoms with Crippen molar-refractivity contribution in [2.24, 2.45) is 0 Å². The highest BCUT2D eigenvalue weighted by Crippen LogP contribution is 2.24. The van der Waals surface area contributed by atoms with Crippen molar-refractivity contribution in [3.05, 3.63) is 28.8 Å². The zero-order valence-corrected chi connectivity index (χ0v) is 9.47. The van der Waals surface area contributed by atoms with Gasteiger partial charge >= 0.3 is 5.97 Å². The molecule has 0 unspecified atom stereocenters. The van der Waals surface area contributed by atoms with E-state index in [-0.39, 0.29) is 10.9 Å². The zero-order chi connectivity index (χ0) is 12.3. The molecule has 0 aromatic carbocycles. The molecule has 0 aliphatic rings. The minimum absolute atomic E-state index is 0.0154. The first-order chi connectivity index (χ1) is 7.45. The van der Waals surface area contributed by atoms with Gasteiger partial charge in [0.05, 0.1) is 12.1 Å². The first-order valence-electron chi connectivity index (χ1n) is 4.19. The largest absolute Gasteiger partial charge is 0.481 e. The third-order valence-corrected chi connectivity index (χ3v) is 2.43. The van der Waals surface area contributed by atoms with Crippen LogP contribution < -0.4 is 0 Å². The Labute approximate surface area is 97.4 Å². The van der Waals surface area contributed by atoms with Crippen LogP contribution in [0.4, 0.5) is 13.2 Å². The van der Waals surface area contributed by atoms with E-state index in [2.05, 4.69) is 20.9 Å². The Bertz CT molecular complexity index is 412. The second-order valence-corrected chi connectivity index (χ2v) is 3.53. The van der Waals surface area contributed by atoms with E-state index in [0.717, 1.165) is 6.07 Å². The van der Waals surface area contributed by atoms with Gasteiger partial charge in [0.1, 0.15) is 11.5 Å². The number of hydrogen-bond acceptors (Lipinski definition) is 2. The molecule has 0 spiro atoms. The van der Waals surface area contributed by atoms with Crippen LogP contribution >= 0.6 is 15.9 Å². The number of alkyl halides is 3. The van der Waals surface area contributed by atoms with E-state index >= 15 is 0 Å². The molecule has 3 nitrogen and oxygen atoms in total. The third kappa shape index (κ3) is 2.94. The van der Waals surface area contributed by atoms with Gasteiger partial charge in [0.25, 0.3) is 6.43 Å². The summed E-state index contributed by atoms with van der Waals surface area (Å²) >= 11 is 2.93. The second-order valence-electron chi connectivity index (χ2n) is 2.97. The third-order valence-electron chi connectivity index (χ3n) is 1.83. The lowest BCUT2D eigenvalue weighted by Gasteiger charge is -2.08. The van der Waals surface area contributed by atoms with Crippen LogP contribution in [0.15, 0.2) is 6.07 Å². The summed E-state index contributed by atoms with van der Waals surface area (Å²) in [6.07, 6.45) is -3.57. The van der Waals surface area contributed by atoms with Gasteiger partial charge in [0.15, 0.2) is 0 Å². The van der Waals surface area contributed by atoms with Crippen molar-refractivity contribution in [1.29, 1.82) is 0 Å². The standard InChI is InChI=1S/C9H7BrF3NO2/c10-3-4-1-5(11)6(2-7(15)16)14-8(4)9(12)13/h1,9H,2-3H2,(H,15,16). The van der Waals surface area contributed by atoms with Crippen LogP contribution in [0.5, 0.6) is 0 Å². The van der Waals surface area contributed by atoms with Gasteiger partial charge in [-0.1, -0.05) is 15.9 Å². The molecule has 0 atom stereocenters. The van der Waals surface area contributed by atoms with Gasteiger partial charge in [-0.25, -0.2) is 18.2 Å². The monoisotopic (exact) mass is 297 g/mol. The molecule has 0 aliphatic heterocycles. The van der Waals surface area contributed by atoms with E-state index in [4.69, 9.17) is 5.11 Å². The van der Waals surface area contributed by atoms with Gasteiger partial charge in [-0.05, 0) is 11.6 Å². The fourth-order valence-electron chi connectivity index (χ4n) is 1.14. The maximum atomic E-state index is 13.2.